The van der Waals surface area contributed by atoms with Gasteiger partial charge in [-0.25, -0.2) is 14.3 Å². The molecule has 10 heteroatoms. The van der Waals surface area contributed by atoms with Crippen LogP contribution in [0.4, 0.5) is 13.2 Å². The molecule has 132 valence electrons. The molecule has 0 amide bonds. The Morgan fingerprint density at radius 2 is 1.84 bits per heavy atom. The van der Waals surface area contributed by atoms with Crippen molar-refractivity contribution in [3.05, 3.63) is 60.4 Å². The first-order valence-corrected chi connectivity index (χ1v) is 7.43. The quantitative estimate of drug-likeness (QED) is 0.760. The molecule has 0 aliphatic carbocycles. The topological polar surface area (TPSA) is 81.6 Å². The van der Waals surface area contributed by atoms with Crippen LogP contribution in [-0.4, -0.2) is 41.0 Å². The highest BCUT2D eigenvalue weighted by molar-refractivity contribution is 5.28. The maximum absolute atomic E-state index is 12.8. The summed E-state index contributed by atoms with van der Waals surface area (Å²) in [5.41, 5.74) is -0.287. The van der Waals surface area contributed by atoms with E-state index in [1.807, 2.05) is 0 Å². The monoisotopic (exact) mass is 352 g/mol. The van der Waals surface area contributed by atoms with Crippen LogP contribution < -0.4 is 0 Å². The van der Waals surface area contributed by atoms with Gasteiger partial charge in [0.15, 0.2) is 0 Å². The maximum Gasteiger partial charge on any atom is 0.416 e. The standard InChI is InChI=1S/C15H15F3N6O/c1-10(23-7-6-20-22-23)14(25)13(24-9-19-8-21-24)11-2-4-12(5-3-11)15(16,17)18/h2-10,13-14,25H,1H3/t10-,13?,14-/m1/s1. The molecule has 0 saturated carbocycles. The SMILES string of the molecule is C[C@H]([C@@H](O)C(c1ccc(C(F)(F)F)cc1)n1cncn1)n1ccnn1. The van der Waals surface area contributed by atoms with Gasteiger partial charge in [0, 0.05) is 6.20 Å². The molecule has 3 aromatic rings. The van der Waals surface area contributed by atoms with Gasteiger partial charge in [0.2, 0.25) is 0 Å². The molecule has 0 radical (unpaired) electrons. The number of halogens is 3. The molecular formula is C15H15F3N6O. The summed E-state index contributed by atoms with van der Waals surface area (Å²) in [6, 6.07) is 3.39. The first-order valence-electron chi connectivity index (χ1n) is 7.43. The number of hydrogen-bond acceptors (Lipinski definition) is 5. The lowest BCUT2D eigenvalue weighted by Gasteiger charge is -2.28. The Kier molecular flexibility index (Phi) is 4.53. The Bertz CT molecular complexity index is 786. The van der Waals surface area contributed by atoms with Crippen molar-refractivity contribution in [2.24, 2.45) is 0 Å². The molecule has 2 heterocycles. The van der Waals surface area contributed by atoms with Crippen molar-refractivity contribution in [2.75, 3.05) is 0 Å². The molecule has 0 spiro atoms. The minimum absolute atomic E-state index is 0.470. The third-order valence-electron chi connectivity index (χ3n) is 3.98. The Hall–Kier alpha value is -2.75. The van der Waals surface area contributed by atoms with E-state index in [9.17, 15) is 18.3 Å². The van der Waals surface area contributed by atoms with Crippen LogP contribution in [0.25, 0.3) is 0 Å². The lowest BCUT2D eigenvalue weighted by Crippen LogP contribution is -2.33. The maximum atomic E-state index is 12.8. The molecule has 3 atom stereocenters. The van der Waals surface area contributed by atoms with E-state index in [4.69, 9.17) is 0 Å². The highest BCUT2D eigenvalue weighted by Gasteiger charge is 2.33. The van der Waals surface area contributed by atoms with Crippen LogP contribution in [0.15, 0.2) is 49.3 Å². The molecule has 25 heavy (non-hydrogen) atoms. The molecule has 2 aromatic heterocycles. The average Bonchev–Trinajstić information content (AvgIpc) is 3.28. The van der Waals surface area contributed by atoms with Crippen molar-refractivity contribution >= 4 is 0 Å². The van der Waals surface area contributed by atoms with Crippen molar-refractivity contribution < 1.29 is 18.3 Å². The number of rotatable bonds is 5. The number of benzene rings is 1. The van der Waals surface area contributed by atoms with Crippen molar-refractivity contribution in [2.45, 2.75) is 31.3 Å². The Balaban J connectivity index is 1.96. The Morgan fingerprint density at radius 3 is 2.36 bits per heavy atom. The van der Waals surface area contributed by atoms with E-state index in [-0.39, 0.29) is 0 Å². The van der Waals surface area contributed by atoms with Gasteiger partial charge in [-0.3, -0.25) is 0 Å². The van der Waals surface area contributed by atoms with Crippen molar-refractivity contribution in [3.8, 4) is 0 Å². The van der Waals surface area contributed by atoms with Gasteiger partial charge >= 0.3 is 6.18 Å². The fourth-order valence-electron chi connectivity index (χ4n) is 2.59. The minimum atomic E-state index is -4.42. The zero-order valence-corrected chi connectivity index (χ0v) is 13.1. The number of nitrogens with zero attached hydrogens (tertiary/aromatic N) is 6. The molecule has 0 bridgehead atoms. The normalized spacial score (nSPS) is 15.7. The summed E-state index contributed by atoms with van der Waals surface area (Å²) in [7, 11) is 0. The number of hydrogen-bond donors (Lipinski definition) is 1. The summed E-state index contributed by atoms with van der Waals surface area (Å²) in [6.45, 7) is 1.73. The van der Waals surface area contributed by atoms with Crippen LogP contribution >= 0.6 is 0 Å². The molecule has 3 rings (SSSR count). The zero-order chi connectivity index (χ0) is 18.0. The van der Waals surface area contributed by atoms with Gasteiger partial charge in [-0.15, -0.1) is 5.10 Å². The fourth-order valence-corrected chi connectivity index (χ4v) is 2.59. The van der Waals surface area contributed by atoms with Gasteiger partial charge in [0.1, 0.15) is 24.8 Å². The number of aliphatic hydroxyl groups is 1. The molecule has 0 aliphatic heterocycles. The van der Waals surface area contributed by atoms with Crippen LogP contribution in [0.2, 0.25) is 0 Å². The zero-order valence-electron chi connectivity index (χ0n) is 13.1. The summed E-state index contributed by atoms with van der Waals surface area (Å²) in [5.74, 6) is 0. The van der Waals surface area contributed by atoms with Gasteiger partial charge < -0.3 is 5.11 Å². The summed E-state index contributed by atoms with van der Waals surface area (Å²) in [4.78, 5) is 3.86. The second kappa shape index (κ2) is 6.63. The van der Waals surface area contributed by atoms with Crippen molar-refractivity contribution in [1.82, 2.24) is 29.8 Å². The van der Waals surface area contributed by atoms with Gasteiger partial charge in [0.25, 0.3) is 0 Å². The van der Waals surface area contributed by atoms with Gasteiger partial charge in [-0.05, 0) is 24.6 Å². The summed E-state index contributed by atoms with van der Waals surface area (Å²) in [5, 5.41) is 22.4. The molecule has 7 nitrogen and oxygen atoms in total. The number of aromatic nitrogens is 6. The third-order valence-corrected chi connectivity index (χ3v) is 3.98. The number of aliphatic hydroxyl groups excluding tert-OH is 1. The predicted molar refractivity (Wildman–Crippen MR) is 80.3 cm³/mol. The Morgan fingerprint density at radius 1 is 1.12 bits per heavy atom. The smallest absolute Gasteiger partial charge is 0.388 e. The third kappa shape index (κ3) is 3.53. The molecule has 1 aromatic carbocycles. The van der Waals surface area contributed by atoms with Crippen LogP contribution in [-0.2, 0) is 6.18 Å². The first kappa shape index (κ1) is 17.1. The first-order chi connectivity index (χ1) is 11.9. The summed E-state index contributed by atoms with van der Waals surface area (Å²) in [6.07, 6.45) is 0.322. The molecule has 0 aliphatic rings. The van der Waals surface area contributed by atoms with Crippen molar-refractivity contribution in [3.63, 3.8) is 0 Å². The van der Waals surface area contributed by atoms with Gasteiger partial charge in [-0.2, -0.15) is 18.3 Å². The largest absolute Gasteiger partial charge is 0.416 e. The van der Waals surface area contributed by atoms with Crippen LogP contribution in [0, 0.1) is 0 Å². The summed E-state index contributed by atoms with van der Waals surface area (Å²) < 4.78 is 41.2. The van der Waals surface area contributed by atoms with Crippen LogP contribution in [0.3, 0.4) is 0 Å². The van der Waals surface area contributed by atoms with Crippen LogP contribution in [0.1, 0.15) is 30.1 Å². The van der Waals surface area contributed by atoms with E-state index >= 15 is 0 Å². The second-order valence-electron chi connectivity index (χ2n) is 5.55. The summed E-state index contributed by atoms with van der Waals surface area (Å²) >= 11 is 0. The minimum Gasteiger partial charge on any atom is -0.388 e. The highest BCUT2D eigenvalue weighted by atomic mass is 19.4. The lowest BCUT2D eigenvalue weighted by molar-refractivity contribution is -0.137. The number of alkyl halides is 3. The van der Waals surface area contributed by atoms with Gasteiger partial charge in [-0.1, -0.05) is 17.3 Å². The predicted octanol–water partition coefficient (Wildman–Crippen LogP) is 2.10. The molecular weight excluding hydrogens is 337 g/mol. The molecule has 0 fully saturated rings. The highest BCUT2D eigenvalue weighted by Crippen LogP contribution is 2.32. The van der Waals surface area contributed by atoms with Crippen LogP contribution in [0.5, 0.6) is 0 Å². The average molecular weight is 352 g/mol. The molecule has 1 N–H and O–H groups in total. The van der Waals surface area contributed by atoms with E-state index in [1.165, 1.54) is 40.3 Å². The Labute approximate surface area is 140 Å². The van der Waals surface area contributed by atoms with E-state index in [1.54, 1.807) is 13.1 Å². The fraction of sp³-hybridized carbons (Fsp3) is 0.333. The van der Waals surface area contributed by atoms with E-state index < -0.39 is 29.9 Å². The second-order valence-corrected chi connectivity index (χ2v) is 5.55. The van der Waals surface area contributed by atoms with E-state index in [0.29, 0.717) is 5.56 Å². The molecule has 0 saturated heterocycles. The van der Waals surface area contributed by atoms with E-state index in [0.717, 1.165) is 12.1 Å². The van der Waals surface area contributed by atoms with Crippen molar-refractivity contribution in [1.29, 1.82) is 0 Å². The van der Waals surface area contributed by atoms with Gasteiger partial charge in [0.05, 0.1) is 17.8 Å². The lowest BCUT2D eigenvalue weighted by atomic mass is 9.96. The molecule has 1 unspecified atom stereocenters. The van der Waals surface area contributed by atoms with E-state index in [2.05, 4.69) is 20.4 Å².